The standard InChI is InChI=1S/C13H19NO2S/c1-10-4-5-12(8-11(10)2)13-9-17(15,16)7-3-6-14-13/h4-5,8,13-14H,3,6-7,9H2,1-2H3. The van der Waals surface area contributed by atoms with Crippen LogP contribution in [0.25, 0.3) is 0 Å². The van der Waals surface area contributed by atoms with Gasteiger partial charge in [0, 0.05) is 6.04 Å². The third-order valence-electron chi connectivity index (χ3n) is 3.38. The van der Waals surface area contributed by atoms with Crippen LogP contribution in [0.4, 0.5) is 0 Å². The Morgan fingerprint density at radius 2 is 2.00 bits per heavy atom. The molecule has 4 heteroatoms. The number of hydrogen-bond donors (Lipinski definition) is 1. The van der Waals surface area contributed by atoms with Crippen LogP contribution in [0.3, 0.4) is 0 Å². The Morgan fingerprint density at radius 1 is 1.24 bits per heavy atom. The van der Waals surface area contributed by atoms with Crippen molar-refractivity contribution in [3.8, 4) is 0 Å². The van der Waals surface area contributed by atoms with Gasteiger partial charge >= 0.3 is 0 Å². The van der Waals surface area contributed by atoms with Gasteiger partial charge in [-0.2, -0.15) is 0 Å². The minimum atomic E-state index is -2.90. The summed E-state index contributed by atoms with van der Waals surface area (Å²) in [7, 11) is -2.90. The van der Waals surface area contributed by atoms with Gasteiger partial charge in [-0.1, -0.05) is 18.2 Å². The highest BCUT2D eigenvalue weighted by Gasteiger charge is 2.23. The molecule has 0 saturated carbocycles. The summed E-state index contributed by atoms with van der Waals surface area (Å²) in [5.74, 6) is 0.525. The highest BCUT2D eigenvalue weighted by molar-refractivity contribution is 7.91. The van der Waals surface area contributed by atoms with Crippen molar-refractivity contribution in [2.75, 3.05) is 18.1 Å². The van der Waals surface area contributed by atoms with E-state index in [0.29, 0.717) is 12.2 Å². The molecule has 0 radical (unpaired) electrons. The Bertz CT molecular complexity index is 508. The van der Waals surface area contributed by atoms with Crippen molar-refractivity contribution < 1.29 is 8.42 Å². The number of aryl methyl sites for hydroxylation is 2. The van der Waals surface area contributed by atoms with Crippen LogP contribution < -0.4 is 5.32 Å². The van der Waals surface area contributed by atoms with Gasteiger partial charge in [0.2, 0.25) is 0 Å². The maximum absolute atomic E-state index is 11.8. The largest absolute Gasteiger partial charge is 0.309 e. The average Bonchev–Trinajstić information content (AvgIpc) is 2.43. The van der Waals surface area contributed by atoms with E-state index in [2.05, 4.69) is 31.3 Å². The van der Waals surface area contributed by atoms with Crippen LogP contribution in [-0.2, 0) is 9.84 Å². The predicted molar refractivity (Wildman–Crippen MR) is 69.9 cm³/mol. The molecular weight excluding hydrogens is 234 g/mol. The fourth-order valence-corrected chi connectivity index (χ4v) is 3.73. The fraction of sp³-hybridized carbons (Fsp3) is 0.538. The smallest absolute Gasteiger partial charge is 0.152 e. The first-order chi connectivity index (χ1) is 7.98. The molecule has 1 unspecified atom stereocenters. The van der Waals surface area contributed by atoms with E-state index in [0.717, 1.165) is 12.1 Å². The molecular formula is C13H19NO2S. The summed E-state index contributed by atoms with van der Waals surface area (Å²) >= 11 is 0. The van der Waals surface area contributed by atoms with Crippen LogP contribution in [0.1, 0.15) is 29.2 Å². The van der Waals surface area contributed by atoms with Gasteiger partial charge in [0.15, 0.2) is 9.84 Å². The summed E-state index contributed by atoms with van der Waals surface area (Å²) < 4.78 is 23.5. The number of nitrogens with one attached hydrogen (secondary N) is 1. The van der Waals surface area contributed by atoms with E-state index in [1.54, 1.807) is 0 Å². The van der Waals surface area contributed by atoms with Crippen LogP contribution in [0, 0.1) is 13.8 Å². The van der Waals surface area contributed by atoms with Gasteiger partial charge in [-0.25, -0.2) is 8.42 Å². The van der Waals surface area contributed by atoms with E-state index >= 15 is 0 Å². The SMILES string of the molecule is Cc1ccc(C2CS(=O)(=O)CCCN2)cc1C. The second kappa shape index (κ2) is 4.78. The van der Waals surface area contributed by atoms with Crippen molar-refractivity contribution in [1.82, 2.24) is 5.32 Å². The third kappa shape index (κ3) is 3.07. The lowest BCUT2D eigenvalue weighted by atomic mass is 10.0. The van der Waals surface area contributed by atoms with Crippen LogP contribution in [0.2, 0.25) is 0 Å². The van der Waals surface area contributed by atoms with Crippen molar-refractivity contribution in [1.29, 1.82) is 0 Å². The lowest BCUT2D eigenvalue weighted by Gasteiger charge is -2.17. The quantitative estimate of drug-likeness (QED) is 0.829. The molecule has 1 aromatic rings. The number of rotatable bonds is 1. The third-order valence-corrected chi connectivity index (χ3v) is 5.13. The summed E-state index contributed by atoms with van der Waals surface area (Å²) in [5.41, 5.74) is 3.54. The molecule has 17 heavy (non-hydrogen) atoms. The van der Waals surface area contributed by atoms with E-state index in [9.17, 15) is 8.42 Å². The second-order valence-corrected chi connectivity index (χ2v) is 7.05. The highest BCUT2D eigenvalue weighted by atomic mass is 32.2. The highest BCUT2D eigenvalue weighted by Crippen LogP contribution is 2.21. The van der Waals surface area contributed by atoms with Crippen LogP contribution in [-0.4, -0.2) is 26.5 Å². The lowest BCUT2D eigenvalue weighted by Crippen LogP contribution is -2.25. The fourth-order valence-electron chi connectivity index (χ4n) is 2.16. The molecule has 1 atom stereocenters. The Hall–Kier alpha value is -0.870. The van der Waals surface area contributed by atoms with Gasteiger partial charge in [-0.15, -0.1) is 0 Å². The average molecular weight is 253 g/mol. The second-order valence-electron chi connectivity index (χ2n) is 4.82. The predicted octanol–water partition coefficient (Wildman–Crippen LogP) is 1.75. The molecule has 1 fully saturated rings. The Labute approximate surface area is 103 Å². The molecule has 1 saturated heterocycles. The summed E-state index contributed by atoms with van der Waals surface area (Å²) in [6.45, 7) is 4.90. The lowest BCUT2D eigenvalue weighted by molar-refractivity contribution is 0.571. The van der Waals surface area contributed by atoms with Crippen molar-refractivity contribution >= 4 is 9.84 Å². The van der Waals surface area contributed by atoms with Gasteiger partial charge in [0.05, 0.1) is 11.5 Å². The van der Waals surface area contributed by atoms with E-state index in [1.165, 1.54) is 11.1 Å². The monoisotopic (exact) mass is 253 g/mol. The Kier molecular flexibility index (Phi) is 3.54. The van der Waals surface area contributed by atoms with Crippen LogP contribution >= 0.6 is 0 Å². The van der Waals surface area contributed by atoms with E-state index < -0.39 is 9.84 Å². The van der Waals surface area contributed by atoms with E-state index in [1.807, 2.05) is 6.07 Å². The first-order valence-corrected chi connectivity index (χ1v) is 7.81. The summed E-state index contributed by atoms with van der Waals surface area (Å²) in [6.07, 6.45) is 0.712. The Morgan fingerprint density at radius 3 is 2.71 bits per heavy atom. The molecule has 1 aliphatic rings. The molecule has 0 aromatic heterocycles. The van der Waals surface area contributed by atoms with E-state index in [-0.39, 0.29) is 11.8 Å². The van der Waals surface area contributed by atoms with Crippen molar-refractivity contribution in [2.24, 2.45) is 0 Å². The molecule has 1 aromatic carbocycles. The molecule has 94 valence electrons. The number of benzene rings is 1. The molecule has 1 N–H and O–H groups in total. The maximum atomic E-state index is 11.8. The zero-order valence-corrected chi connectivity index (χ0v) is 11.2. The summed E-state index contributed by atoms with van der Waals surface area (Å²) in [6, 6.07) is 6.13. The van der Waals surface area contributed by atoms with Crippen molar-refractivity contribution in [3.05, 3.63) is 34.9 Å². The molecule has 0 aliphatic carbocycles. The van der Waals surface area contributed by atoms with Gasteiger partial charge in [-0.3, -0.25) is 0 Å². The minimum Gasteiger partial charge on any atom is -0.309 e. The number of hydrogen-bond acceptors (Lipinski definition) is 3. The summed E-state index contributed by atoms with van der Waals surface area (Å²) in [5, 5.41) is 3.32. The van der Waals surface area contributed by atoms with Crippen molar-refractivity contribution in [2.45, 2.75) is 26.3 Å². The first kappa shape index (κ1) is 12.6. The van der Waals surface area contributed by atoms with Gasteiger partial charge in [0.1, 0.15) is 0 Å². The van der Waals surface area contributed by atoms with Gasteiger partial charge in [0.25, 0.3) is 0 Å². The van der Waals surface area contributed by atoms with Gasteiger partial charge in [-0.05, 0) is 43.5 Å². The Balaban J connectivity index is 2.28. The van der Waals surface area contributed by atoms with Gasteiger partial charge < -0.3 is 5.32 Å². The molecule has 0 bridgehead atoms. The zero-order valence-electron chi connectivity index (χ0n) is 10.4. The van der Waals surface area contributed by atoms with Crippen LogP contribution in [0.15, 0.2) is 18.2 Å². The van der Waals surface area contributed by atoms with Crippen LogP contribution in [0.5, 0.6) is 0 Å². The van der Waals surface area contributed by atoms with Crippen molar-refractivity contribution in [3.63, 3.8) is 0 Å². The maximum Gasteiger partial charge on any atom is 0.152 e. The minimum absolute atomic E-state index is 0.0539. The summed E-state index contributed by atoms with van der Waals surface area (Å²) in [4.78, 5) is 0. The zero-order chi connectivity index (χ0) is 12.5. The first-order valence-electron chi connectivity index (χ1n) is 5.99. The normalized spacial score (nSPS) is 24.2. The topological polar surface area (TPSA) is 46.2 Å². The molecule has 0 spiro atoms. The van der Waals surface area contributed by atoms with E-state index in [4.69, 9.17) is 0 Å². The molecule has 1 heterocycles. The molecule has 0 amide bonds. The molecule has 1 aliphatic heterocycles. The molecule has 2 rings (SSSR count). The molecule has 3 nitrogen and oxygen atoms in total. The number of sulfone groups is 1.